The van der Waals surface area contributed by atoms with Crippen molar-refractivity contribution in [3.63, 3.8) is 0 Å². The fourth-order valence-electron chi connectivity index (χ4n) is 5.94. The normalized spacial score (nSPS) is 24.9. The van der Waals surface area contributed by atoms with Crippen molar-refractivity contribution in [1.29, 1.82) is 0 Å². The number of carbonyl (C=O) groups is 2. The van der Waals surface area contributed by atoms with E-state index in [1.807, 2.05) is 78.9 Å². The molecular formula is C29H21N3O2. The highest BCUT2D eigenvalue weighted by Gasteiger charge is 2.59. The van der Waals surface area contributed by atoms with Crippen LogP contribution in [0, 0.1) is 23.7 Å². The van der Waals surface area contributed by atoms with Crippen molar-refractivity contribution in [2.24, 2.45) is 23.7 Å². The Hall–Kier alpha value is -4.12. The van der Waals surface area contributed by atoms with Crippen LogP contribution in [0.3, 0.4) is 0 Å². The summed E-state index contributed by atoms with van der Waals surface area (Å²) in [5, 5.41) is 0.959. The van der Waals surface area contributed by atoms with Crippen LogP contribution in [0.2, 0.25) is 0 Å². The van der Waals surface area contributed by atoms with E-state index in [0.29, 0.717) is 11.5 Å². The third-order valence-corrected chi connectivity index (χ3v) is 7.50. The summed E-state index contributed by atoms with van der Waals surface area (Å²) >= 11 is 0. The number of imide groups is 1. The number of hydrogen-bond donors (Lipinski definition) is 0. The van der Waals surface area contributed by atoms with E-state index in [1.165, 1.54) is 4.90 Å². The summed E-state index contributed by atoms with van der Waals surface area (Å²) in [7, 11) is 0. The Bertz CT molecular complexity index is 1460. The van der Waals surface area contributed by atoms with Crippen molar-refractivity contribution >= 4 is 28.4 Å². The lowest BCUT2D eigenvalue weighted by Gasteiger charge is -2.18. The second-order valence-electron chi connectivity index (χ2n) is 9.34. The van der Waals surface area contributed by atoms with Gasteiger partial charge in [-0.15, -0.1) is 0 Å². The van der Waals surface area contributed by atoms with E-state index in [1.54, 1.807) is 0 Å². The van der Waals surface area contributed by atoms with Crippen molar-refractivity contribution in [3.8, 4) is 22.6 Å². The van der Waals surface area contributed by atoms with Gasteiger partial charge in [-0.25, -0.2) is 9.97 Å². The molecule has 2 fully saturated rings. The zero-order valence-electron chi connectivity index (χ0n) is 18.3. The van der Waals surface area contributed by atoms with Gasteiger partial charge in [-0.05, 0) is 36.5 Å². The molecule has 0 N–H and O–H groups in total. The van der Waals surface area contributed by atoms with Crippen LogP contribution in [-0.2, 0) is 9.59 Å². The Kier molecular flexibility index (Phi) is 4.09. The number of benzene rings is 3. The summed E-state index contributed by atoms with van der Waals surface area (Å²) in [6.45, 7) is 0. The molecule has 1 saturated carbocycles. The number of carbonyl (C=O) groups excluding carboxylic acids is 2. The molecule has 0 radical (unpaired) electrons. The lowest BCUT2D eigenvalue weighted by molar-refractivity contribution is -0.123. The summed E-state index contributed by atoms with van der Waals surface area (Å²) < 4.78 is 0. The molecule has 7 rings (SSSR count). The maximum absolute atomic E-state index is 13.2. The summed E-state index contributed by atoms with van der Waals surface area (Å²) in [5.74, 6) is 0.581. The lowest BCUT2D eigenvalue weighted by Crippen LogP contribution is -2.32. The van der Waals surface area contributed by atoms with Gasteiger partial charge in [0.2, 0.25) is 11.8 Å². The van der Waals surface area contributed by atoms with E-state index in [9.17, 15) is 9.59 Å². The molecule has 4 atom stereocenters. The lowest BCUT2D eigenvalue weighted by atomic mass is 9.85. The number of anilines is 1. The van der Waals surface area contributed by atoms with Gasteiger partial charge in [-0.3, -0.25) is 14.5 Å². The Morgan fingerprint density at radius 3 is 2.03 bits per heavy atom. The molecule has 164 valence electrons. The number of nitrogens with zero attached hydrogens (tertiary/aromatic N) is 3. The molecule has 2 heterocycles. The van der Waals surface area contributed by atoms with Crippen LogP contribution in [0.25, 0.3) is 33.5 Å². The van der Waals surface area contributed by atoms with Crippen molar-refractivity contribution in [3.05, 3.63) is 91.0 Å². The number of allylic oxidation sites excluding steroid dienone is 2. The molecule has 1 saturated heterocycles. The van der Waals surface area contributed by atoms with Crippen molar-refractivity contribution < 1.29 is 9.59 Å². The highest BCUT2D eigenvalue weighted by atomic mass is 16.2. The van der Waals surface area contributed by atoms with Crippen molar-refractivity contribution in [2.45, 2.75) is 6.42 Å². The largest absolute Gasteiger partial charge is 0.274 e. The van der Waals surface area contributed by atoms with E-state index >= 15 is 0 Å². The van der Waals surface area contributed by atoms with Gasteiger partial charge in [-0.2, -0.15) is 0 Å². The Labute approximate surface area is 196 Å². The molecule has 34 heavy (non-hydrogen) atoms. The molecular weight excluding hydrogens is 422 g/mol. The minimum Gasteiger partial charge on any atom is -0.274 e. The maximum atomic E-state index is 13.2. The number of rotatable bonds is 3. The zero-order chi connectivity index (χ0) is 22.8. The molecule has 5 nitrogen and oxygen atoms in total. The molecule has 3 aliphatic rings. The quantitative estimate of drug-likeness (QED) is 0.319. The second-order valence-corrected chi connectivity index (χ2v) is 9.34. The van der Waals surface area contributed by atoms with Crippen LogP contribution in [0.5, 0.6) is 0 Å². The first-order valence-corrected chi connectivity index (χ1v) is 11.7. The highest BCUT2D eigenvalue weighted by Crippen LogP contribution is 2.53. The second kappa shape index (κ2) is 7.19. The predicted octanol–water partition coefficient (Wildman–Crippen LogP) is 5.28. The number of aromatic nitrogens is 2. The first-order chi connectivity index (χ1) is 16.7. The summed E-state index contributed by atoms with van der Waals surface area (Å²) in [6.07, 6.45) is 5.17. The van der Waals surface area contributed by atoms with Gasteiger partial charge < -0.3 is 0 Å². The van der Waals surface area contributed by atoms with Gasteiger partial charge in [0.15, 0.2) is 5.82 Å². The van der Waals surface area contributed by atoms with Crippen LogP contribution in [0.1, 0.15) is 6.42 Å². The van der Waals surface area contributed by atoms with Crippen LogP contribution in [0.15, 0.2) is 91.0 Å². The minimum absolute atomic E-state index is 0.0570. The van der Waals surface area contributed by atoms with E-state index in [4.69, 9.17) is 9.97 Å². The van der Waals surface area contributed by atoms with E-state index in [-0.39, 0.29) is 35.5 Å². The molecule has 5 heteroatoms. The molecule has 4 aromatic rings. The molecule has 3 aromatic carbocycles. The smallest absolute Gasteiger partial charge is 0.238 e. The highest BCUT2D eigenvalue weighted by molar-refractivity contribution is 6.22. The Morgan fingerprint density at radius 1 is 0.676 bits per heavy atom. The average Bonchev–Trinajstić information content (AvgIpc) is 3.58. The standard InChI is InChI=1S/C29H21N3O2/c33-28-24-19-10-11-20(16-19)25(24)29(34)32(28)21-14-12-17(13-15-21)26-22-8-4-5-9-23(22)30-27(31-26)18-6-2-1-3-7-18/h1-15,19-20,24-25H,16H2/t19-,20-,24-,25+/m0/s1. The fraction of sp³-hybridized carbons (Fsp3) is 0.172. The first-order valence-electron chi connectivity index (χ1n) is 11.7. The number of para-hydroxylation sites is 1. The summed E-state index contributed by atoms with van der Waals surface area (Å²) in [4.78, 5) is 37.4. The first kappa shape index (κ1) is 19.4. The van der Waals surface area contributed by atoms with Crippen LogP contribution < -0.4 is 4.90 Å². The van der Waals surface area contributed by atoms with Crippen LogP contribution >= 0.6 is 0 Å². The molecule has 0 unspecified atom stereocenters. The number of fused-ring (bicyclic) bond motifs is 6. The van der Waals surface area contributed by atoms with Gasteiger partial charge in [0.05, 0.1) is 28.7 Å². The molecule has 1 aliphatic heterocycles. The predicted molar refractivity (Wildman–Crippen MR) is 131 cm³/mol. The third kappa shape index (κ3) is 2.73. The SMILES string of the molecule is O=C1[C@@H]2[C@H](C(=O)N1c1ccc(-c3nc(-c4ccccc4)nc4ccccc34)cc1)[C@H]1C=C[C@H]2C1. The number of hydrogen-bond acceptors (Lipinski definition) is 4. The average molecular weight is 444 g/mol. The third-order valence-electron chi connectivity index (χ3n) is 7.50. The van der Waals surface area contributed by atoms with Crippen LogP contribution in [-0.4, -0.2) is 21.8 Å². The molecule has 0 spiro atoms. The summed E-state index contributed by atoms with van der Waals surface area (Å²) in [5.41, 5.74) is 4.20. The number of amides is 2. The van der Waals surface area contributed by atoms with Crippen LogP contribution in [0.4, 0.5) is 5.69 Å². The summed E-state index contributed by atoms with van der Waals surface area (Å²) in [6, 6.07) is 25.5. The maximum Gasteiger partial charge on any atom is 0.238 e. The minimum atomic E-state index is -0.193. The topological polar surface area (TPSA) is 63.2 Å². The van der Waals surface area contributed by atoms with Gasteiger partial charge >= 0.3 is 0 Å². The van der Waals surface area contributed by atoms with Gasteiger partial charge in [0, 0.05) is 16.5 Å². The van der Waals surface area contributed by atoms with Crippen molar-refractivity contribution in [2.75, 3.05) is 4.90 Å². The molecule has 1 aromatic heterocycles. The molecule has 2 bridgehead atoms. The van der Waals surface area contributed by atoms with Gasteiger partial charge in [-0.1, -0.05) is 72.8 Å². The Balaban J connectivity index is 1.28. The van der Waals surface area contributed by atoms with E-state index in [0.717, 1.165) is 34.1 Å². The van der Waals surface area contributed by atoms with Gasteiger partial charge in [0.1, 0.15) is 0 Å². The van der Waals surface area contributed by atoms with E-state index < -0.39 is 0 Å². The zero-order valence-corrected chi connectivity index (χ0v) is 18.3. The van der Waals surface area contributed by atoms with Gasteiger partial charge in [0.25, 0.3) is 0 Å². The monoisotopic (exact) mass is 443 g/mol. The molecule has 2 aliphatic carbocycles. The molecule has 2 amide bonds. The Morgan fingerprint density at radius 2 is 1.32 bits per heavy atom. The van der Waals surface area contributed by atoms with Crippen molar-refractivity contribution in [1.82, 2.24) is 9.97 Å². The van der Waals surface area contributed by atoms with E-state index in [2.05, 4.69) is 12.2 Å². The fourth-order valence-corrected chi connectivity index (χ4v) is 5.94.